The number of carbonyl (C=O) groups excluding carboxylic acids is 1. The molecule has 1 aliphatic carbocycles. The number of pyridine rings is 1. The highest BCUT2D eigenvalue weighted by atomic mass is 79.9. The van der Waals surface area contributed by atoms with Crippen LogP contribution >= 0.6 is 15.9 Å². The van der Waals surface area contributed by atoms with Gasteiger partial charge in [0.25, 0.3) is 5.91 Å². The molecule has 1 aromatic heterocycles. The lowest BCUT2D eigenvalue weighted by Gasteiger charge is -2.28. The molecule has 0 unspecified atom stereocenters. The summed E-state index contributed by atoms with van der Waals surface area (Å²) in [6.45, 7) is 5.03. The first-order valence-electron chi connectivity index (χ1n) is 8.84. The van der Waals surface area contributed by atoms with Gasteiger partial charge in [-0.05, 0) is 53.7 Å². The van der Waals surface area contributed by atoms with Crippen LogP contribution in [0, 0.1) is 5.92 Å². The molecule has 1 saturated heterocycles. The van der Waals surface area contributed by atoms with Crippen LogP contribution in [0.4, 0.5) is 0 Å². The normalized spacial score (nSPS) is 21.2. The third-order valence-corrected chi connectivity index (χ3v) is 5.50. The average Bonchev–Trinajstić information content (AvgIpc) is 2.81. The minimum Gasteiger partial charge on any atom is -0.337 e. The largest absolute Gasteiger partial charge is 0.337 e. The molecule has 2 heterocycles. The summed E-state index contributed by atoms with van der Waals surface area (Å²) in [5, 5.41) is 0. The standard InChI is InChI=1S/C18H26BrN3O/c19-17-11-16(12-20-13-17)18(23)22-8-4-7-21(9-10-22)14-15-5-2-1-3-6-15/h11-13,15H,1-10,14H2. The number of aromatic nitrogens is 1. The highest BCUT2D eigenvalue weighted by Gasteiger charge is 2.23. The fourth-order valence-electron chi connectivity index (χ4n) is 3.80. The van der Waals surface area contributed by atoms with Gasteiger partial charge in [0.15, 0.2) is 0 Å². The summed E-state index contributed by atoms with van der Waals surface area (Å²) in [6.07, 6.45) is 11.5. The highest BCUT2D eigenvalue weighted by Crippen LogP contribution is 2.25. The molecule has 0 bridgehead atoms. The van der Waals surface area contributed by atoms with Crippen molar-refractivity contribution in [3.8, 4) is 0 Å². The van der Waals surface area contributed by atoms with E-state index in [1.165, 1.54) is 38.6 Å². The minimum atomic E-state index is 0.110. The second kappa shape index (κ2) is 8.25. The van der Waals surface area contributed by atoms with Gasteiger partial charge < -0.3 is 9.80 Å². The Labute approximate surface area is 147 Å². The predicted molar refractivity (Wildman–Crippen MR) is 95.5 cm³/mol. The summed E-state index contributed by atoms with van der Waals surface area (Å²) in [4.78, 5) is 21.3. The molecule has 1 saturated carbocycles. The van der Waals surface area contributed by atoms with E-state index in [9.17, 15) is 4.79 Å². The summed E-state index contributed by atoms with van der Waals surface area (Å²) in [5.74, 6) is 0.985. The van der Waals surface area contributed by atoms with Crippen molar-refractivity contribution in [2.24, 2.45) is 5.92 Å². The maximum Gasteiger partial charge on any atom is 0.255 e. The summed E-state index contributed by atoms with van der Waals surface area (Å²) >= 11 is 3.39. The maximum atomic E-state index is 12.6. The van der Waals surface area contributed by atoms with Crippen molar-refractivity contribution in [2.75, 3.05) is 32.7 Å². The van der Waals surface area contributed by atoms with Gasteiger partial charge in [-0.3, -0.25) is 9.78 Å². The first-order chi connectivity index (χ1) is 11.2. The molecule has 23 heavy (non-hydrogen) atoms. The third-order valence-electron chi connectivity index (χ3n) is 5.07. The van der Waals surface area contributed by atoms with Gasteiger partial charge >= 0.3 is 0 Å². The molecule has 1 amide bonds. The Bertz CT molecular complexity index is 531. The Morgan fingerprint density at radius 1 is 1.09 bits per heavy atom. The Kier molecular flexibility index (Phi) is 6.06. The van der Waals surface area contributed by atoms with E-state index in [0.717, 1.165) is 43.0 Å². The first-order valence-corrected chi connectivity index (χ1v) is 9.64. The van der Waals surface area contributed by atoms with Gasteiger partial charge in [0.05, 0.1) is 5.56 Å². The molecule has 126 valence electrons. The number of nitrogens with zero attached hydrogens (tertiary/aromatic N) is 3. The third kappa shape index (κ3) is 4.77. The Morgan fingerprint density at radius 2 is 1.91 bits per heavy atom. The van der Waals surface area contributed by atoms with Crippen molar-refractivity contribution >= 4 is 21.8 Å². The van der Waals surface area contributed by atoms with E-state index in [1.54, 1.807) is 12.4 Å². The summed E-state index contributed by atoms with van der Waals surface area (Å²) < 4.78 is 0.858. The van der Waals surface area contributed by atoms with E-state index in [0.29, 0.717) is 5.56 Å². The van der Waals surface area contributed by atoms with Gasteiger partial charge in [-0.25, -0.2) is 0 Å². The number of hydrogen-bond acceptors (Lipinski definition) is 3. The van der Waals surface area contributed by atoms with Crippen LogP contribution in [-0.2, 0) is 0 Å². The molecule has 3 rings (SSSR count). The van der Waals surface area contributed by atoms with Crippen LogP contribution in [0.1, 0.15) is 48.9 Å². The van der Waals surface area contributed by atoms with Crippen molar-refractivity contribution in [3.63, 3.8) is 0 Å². The molecular weight excluding hydrogens is 354 g/mol. The van der Waals surface area contributed by atoms with Crippen molar-refractivity contribution < 1.29 is 4.79 Å². The second-order valence-corrected chi connectivity index (χ2v) is 7.76. The second-order valence-electron chi connectivity index (χ2n) is 6.84. The topological polar surface area (TPSA) is 36.4 Å². The fraction of sp³-hybridized carbons (Fsp3) is 0.667. The van der Waals surface area contributed by atoms with Gasteiger partial charge in [-0.1, -0.05) is 19.3 Å². The van der Waals surface area contributed by atoms with Crippen LogP contribution in [0.2, 0.25) is 0 Å². The molecule has 5 heteroatoms. The zero-order chi connectivity index (χ0) is 16.1. The van der Waals surface area contributed by atoms with E-state index < -0.39 is 0 Å². The molecular formula is C18H26BrN3O. The van der Waals surface area contributed by atoms with E-state index >= 15 is 0 Å². The van der Waals surface area contributed by atoms with Crippen LogP contribution < -0.4 is 0 Å². The zero-order valence-corrected chi connectivity index (χ0v) is 15.3. The Balaban J connectivity index is 1.54. The first kappa shape index (κ1) is 16.9. The van der Waals surface area contributed by atoms with E-state index in [1.807, 2.05) is 11.0 Å². The average molecular weight is 380 g/mol. The van der Waals surface area contributed by atoms with E-state index in [-0.39, 0.29) is 5.91 Å². The van der Waals surface area contributed by atoms with Gasteiger partial charge in [-0.2, -0.15) is 0 Å². The number of halogens is 1. The van der Waals surface area contributed by atoms with Crippen molar-refractivity contribution in [2.45, 2.75) is 38.5 Å². The Morgan fingerprint density at radius 3 is 2.70 bits per heavy atom. The quantitative estimate of drug-likeness (QED) is 0.805. The van der Waals surface area contributed by atoms with Gasteiger partial charge in [0.1, 0.15) is 0 Å². The molecule has 0 N–H and O–H groups in total. The molecule has 2 fully saturated rings. The van der Waals surface area contributed by atoms with Crippen LogP contribution in [0.15, 0.2) is 22.9 Å². The molecule has 0 aromatic carbocycles. The number of rotatable bonds is 3. The van der Waals surface area contributed by atoms with Crippen molar-refractivity contribution in [1.82, 2.24) is 14.8 Å². The minimum absolute atomic E-state index is 0.110. The van der Waals surface area contributed by atoms with Crippen LogP contribution in [0.3, 0.4) is 0 Å². The zero-order valence-electron chi connectivity index (χ0n) is 13.7. The van der Waals surface area contributed by atoms with Crippen LogP contribution in [0.25, 0.3) is 0 Å². The molecule has 0 radical (unpaired) electrons. The van der Waals surface area contributed by atoms with Gasteiger partial charge in [-0.15, -0.1) is 0 Å². The smallest absolute Gasteiger partial charge is 0.255 e. The highest BCUT2D eigenvalue weighted by molar-refractivity contribution is 9.10. The van der Waals surface area contributed by atoms with Crippen LogP contribution in [-0.4, -0.2) is 53.4 Å². The maximum absolute atomic E-state index is 12.6. The lowest BCUT2D eigenvalue weighted by atomic mass is 9.89. The number of carbonyl (C=O) groups is 1. The molecule has 0 spiro atoms. The fourth-order valence-corrected chi connectivity index (χ4v) is 4.17. The predicted octanol–water partition coefficient (Wildman–Crippen LogP) is 3.57. The molecule has 2 aliphatic rings. The molecule has 0 atom stereocenters. The van der Waals surface area contributed by atoms with E-state index in [2.05, 4.69) is 25.8 Å². The summed E-state index contributed by atoms with van der Waals surface area (Å²) in [5.41, 5.74) is 0.681. The van der Waals surface area contributed by atoms with E-state index in [4.69, 9.17) is 0 Å². The van der Waals surface area contributed by atoms with Crippen molar-refractivity contribution in [3.05, 3.63) is 28.5 Å². The number of amides is 1. The summed E-state index contributed by atoms with van der Waals surface area (Å²) in [7, 11) is 0. The van der Waals surface area contributed by atoms with Gasteiger partial charge in [0, 0.05) is 43.0 Å². The number of hydrogen-bond donors (Lipinski definition) is 0. The monoisotopic (exact) mass is 379 g/mol. The van der Waals surface area contributed by atoms with Crippen molar-refractivity contribution in [1.29, 1.82) is 0 Å². The lowest BCUT2D eigenvalue weighted by Crippen LogP contribution is -2.37. The molecule has 1 aromatic rings. The molecule has 4 nitrogen and oxygen atoms in total. The lowest BCUT2D eigenvalue weighted by molar-refractivity contribution is 0.0759. The van der Waals surface area contributed by atoms with Crippen LogP contribution in [0.5, 0.6) is 0 Å². The Hall–Kier alpha value is -0.940. The molecule has 1 aliphatic heterocycles. The SMILES string of the molecule is O=C(c1cncc(Br)c1)N1CCCN(CC2CCCCC2)CC1. The van der Waals surface area contributed by atoms with Gasteiger partial charge in [0.2, 0.25) is 0 Å². The summed E-state index contributed by atoms with van der Waals surface area (Å²) in [6, 6.07) is 1.86.